The summed E-state index contributed by atoms with van der Waals surface area (Å²) in [7, 11) is 0. The topological polar surface area (TPSA) is 35.8 Å². The molecule has 0 unspecified atom stereocenters. The van der Waals surface area contributed by atoms with E-state index in [1.165, 1.54) is 0 Å². The van der Waals surface area contributed by atoms with Gasteiger partial charge in [0.25, 0.3) is 0 Å². The van der Waals surface area contributed by atoms with Gasteiger partial charge in [0.15, 0.2) is 0 Å². The first-order chi connectivity index (χ1) is 7.20. The Labute approximate surface area is 91.9 Å². The Hall–Kier alpha value is -1.49. The minimum absolute atomic E-state index is 0.447. The van der Waals surface area contributed by atoms with Crippen LogP contribution in [0.2, 0.25) is 0 Å². The van der Waals surface area contributed by atoms with Crippen LogP contribution >= 0.6 is 0 Å². The van der Waals surface area contributed by atoms with Crippen LogP contribution in [0.15, 0.2) is 30.3 Å². The summed E-state index contributed by atoms with van der Waals surface area (Å²) in [6.45, 7) is 4.09. The number of hydrogen-bond donors (Lipinski definition) is 1. The third-order valence-corrected chi connectivity index (χ3v) is 2.47. The van der Waals surface area contributed by atoms with Crippen LogP contribution in [-0.4, -0.2) is 5.54 Å². The molecular weight excluding hydrogens is 184 g/mol. The number of unbranched alkanes of at least 4 members (excludes halogenated alkanes) is 1. The number of para-hydroxylation sites is 1. The third-order valence-electron chi connectivity index (χ3n) is 2.47. The maximum atomic E-state index is 9.16. The normalized spacial score (nSPS) is 13.9. The van der Waals surface area contributed by atoms with Crippen molar-refractivity contribution in [1.29, 1.82) is 5.26 Å². The van der Waals surface area contributed by atoms with Crippen molar-refractivity contribution in [3.05, 3.63) is 30.3 Å². The highest BCUT2D eigenvalue weighted by molar-refractivity contribution is 5.46. The lowest BCUT2D eigenvalue weighted by atomic mass is 9.96. The molecule has 0 amide bonds. The second-order valence-electron chi connectivity index (χ2n) is 4.04. The van der Waals surface area contributed by atoms with Crippen molar-refractivity contribution >= 4 is 5.69 Å². The van der Waals surface area contributed by atoms with E-state index in [0.717, 1.165) is 24.9 Å². The summed E-state index contributed by atoms with van der Waals surface area (Å²) in [6.07, 6.45) is 3.08. The van der Waals surface area contributed by atoms with Gasteiger partial charge < -0.3 is 5.32 Å². The number of nitriles is 1. The summed E-state index contributed by atoms with van der Waals surface area (Å²) in [5.74, 6) is 0. The summed E-state index contributed by atoms with van der Waals surface area (Å²) >= 11 is 0. The standard InChI is InChI=1S/C13H18N2/c1-3-4-10-13(2,11-14)15-12-8-6-5-7-9-12/h5-9,15H,3-4,10H2,1-2H3/t13-/m0/s1. The predicted molar refractivity (Wildman–Crippen MR) is 63.6 cm³/mol. The number of hydrogen-bond acceptors (Lipinski definition) is 2. The van der Waals surface area contributed by atoms with Crippen LogP contribution in [0, 0.1) is 11.3 Å². The quantitative estimate of drug-likeness (QED) is 0.792. The lowest BCUT2D eigenvalue weighted by Crippen LogP contribution is -2.32. The van der Waals surface area contributed by atoms with Crippen molar-refractivity contribution in [2.75, 3.05) is 5.32 Å². The number of rotatable bonds is 5. The molecule has 80 valence electrons. The van der Waals surface area contributed by atoms with Gasteiger partial charge >= 0.3 is 0 Å². The Morgan fingerprint density at radius 2 is 2.00 bits per heavy atom. The molecule has 15 heavy (non-hydrogen) atoms. The average Bonchev–Trinajstić information content (AvgIpc) is 2.28. The minimum Gasteiger partial charge on any atom is -0.368 e. The Balaban J connectivity index is 2.65. The van der Waals surface area contributed by atoms with Crippen LogP contribution in [0.1, 0.15) is 33.1 Å². The van der Waals surface area contributed by atoms with Crippen LogP contribution in [0.5, 0.6) is 0 Å². The molecule has 1 aromatic carbocycles. The maximum absolute atomic E-state index is 9.16. The predicted octanol–water partition coefficient (Wildman–Crippen LogP) is 3.57. The molecule has 1 N–H and O–H groups in total. The Kier molecular flexibility index (Phi) is 4.17. The van der Waals surface area contributed by atoms with E-state index in [-0.39, 0.29) is 0 Å². The molecule has 0 aliphatic carbocycles. The fraction of sp³-hybridized carbons (Fsp3) is 0.462. The van der Waals surface area contributed by atoms with Crippen molar-refractivity contribution in [2.24, 2.45) is 0 Å². The van der Waals surface area contributed by atoms with Crippen LogP contribution in [-0.2, 0) is 0 Å². The Bertz CT molecular complexity index is 326. The first kappa shape index (κ1) is 11.6. The highest BCUT2D eigenvalue weighted by Crippen LogP contribution is 2.19. The van der Waals surface area contributed by atoms with Gasteiger partial charge in [-0.15, -0.1) is 0 Å². The van der Waals surface area contributed by atoms with Crippen molar-refractivity contribution in [3.63, 3.8) is 0 Å². The molecule has 0 saturated heterocycles. The van der Waals surface area contributed by atoms with Gasteiger partial charge in [-0.3, -0.25) is 0 Å². The van der Waals surface area contributed by atoms with Gasteiger partial charge in [-0.1, -0.05) is 38.0 Å². The van der Waals surface area contributed by atoms with E-state index in [0.29, 0.717) is 0 Å². The summed E-state index contributed by atoms with van der Waals surface area (Å²) in [5, 5.41) is 12.4. The number of anilines is 1. The highest BCUT2D eigenvalue weighted by Gasteiger charge is 2.22. The molecule has 0 saturated carbocycles. The van der Waals surface area contributed by atoms with Gasteiger partial charge in [0, 0.05) is 5.69 Å². The minimum atomic E-state index is -0.447. The number of nitrogens with one attached hydrogen (secondary N) is 1. The van der Waals surface area contributed by atoms with Gasteiger partial charge in [0.05, 0.1) is 6.07 Å². The molecule has 2 heteroatoms. The summed E-state index contributed by atoms with van der Waals surface area (Å²) < 4.78 is 0. The molecule has 1 rings (SSSR count). The molecule has 0 aliphatic rings. The van der Waals surface area contributed by atoms with Gasteiger partial charge in [0.1, 0.15) is 5.54 Å². The second-order valence-corrected chi connectivity index (χ2v) is 4.04. The molecule has 2 nitrogen and oxygen atoms in total. The molecule has 0 aliphatic heterocycles. The molecule has 0 heterocycles. The van der Waals surface area contributed by atoms with Crippen molar-refractivity contribution in [2.45, 2.75) is 38.6 Å². The lowest BCUT2D eigenvalue weighted by Gasteiger charge is -2.24. The first-order valence-corrected chi connectivity index (χ1v) is 5.44. The molecule has 1 aromatic rings. The van der Waals surface area contributed by atoms with Crippen LogP contribution in [0.4, 0.5) is 5.69 Å². The number of nitrogens with zero attached hydrogens (tertiary/aromatic N) is 1. The SMILES string of the molecule is CCCC[C@@](C)(C#N)Nc1ccccc1. The fourth-order valence-corrected chi connectivity index (χ4v) is 1.52. The monoisotopic (exact) mass is 202 g/mol. The molecule has 0 aromatic heterocycles. The van der Waals surface area contributed by atoms with E-state index in [1.54, 1.807) is 0 Å². The van der Waals surface area contributed by atoms with Gasteiger partial charge in [-0.25, -0.2) is 0 Å². The third kappa shape index (κ3) is 3.63. The average molecular weight is 202 g/mol. The van der Waals surface area contributed by atoms with Crippen molar-refractivity contribution < 1.29 is 0 Å². The fourth-order valence-electron chi connectivity index (χ4n) is 1.52. The highest BCUT2D eigenvalue weighted by atomic mass is 15.0. The zero-order valence-corrected chi connectivity index (χ0v) is 9.46. The van der Waals surface area contributed by atoms with Gasteiger partial charge in [-0.05, 0) is 25.5 Å². The Morgan fingerprint density at radius 1 is 1.33 bits per heavy atom. The van der Waals surface area contributed by atoms with E-state index in [4.69, 9.17) is 5.26 Å². The molecule has 0 bridgehead atoms. The van der Waals surface area contributed by atoms with Gasteiger partial charge in [-0.2, -0.15) is 5.26 Å². The van der Waals surface area contributed by atoms with E-state index < -0.39 is 5.54 Å². The van der Waals surface area contributed by atoms with Crippen molar-refractivity contribution in [3.8, 4) is 6.07 Å². The van der Waals surface area contributed by atoms with Crippen LogP contribution in [0.25, 0.3) is 0 Å². The Morgan fingerprint density at radius 3 is 2.53 bits per heavy atom. The van der Waals surface area contributed by atoms with Gasteiger partial charge in [0.2, 0.25) is 0 Å². The van der Waals surface area contributed by atoms with Crippen LogP contribution in [0.3, 0.4) is 0 Å². The lowest BCUT2D eigenvalue weighted by molar-refractivity contribution is 0.553. The first-order valence-electron chi connectivity index (χ1n) is 5.44. The van der Waals surface area contributed by atoms with Crippen LogP contribution < -0.4 is 5.32 Å². The van der Waals surface area contributed by atoms with E-state index in [2.05, 4.69) is 18.3 Å². The summed E-state index contributed by atoms with van der Waals surface area (Å²) in [5.41, 5.74) is 0.565. The molecule has 0 fully saturated rings. The number of benzene rings is 1. The molecular formula is C13H18N2. The second kappa shape index (κ2) is 5.41. The summed E-state index contributed by atoms with van der Waals surface area (Å²) in [6, 6.07) is 12.2. The largest absolute Gasteiger partial charge is 0.368 e. The molecule has 0 spiro atoms. The maximum Gasteiger partial charge on any atom is 0.122 e. The summed E-state index contributed by atoms with van der Waals surface area (Å²) in [4.78, 5) is 0. The van der Waals surface area contributed by atoms with E-state index >= 15 is 0 Å². The molecule has 1 atom stereocenters. The van der Waals surface area contributed by atoms with E-state index in [1.807, 2.05) is 37.3 Å². The van der Waals surface area contributed by atoms with E-state index in [9.17, 15) is 0 Å². The molecule has 0 radical (unpaired) electrons. The zero-order valence-electron chi connectivity index (χ0n) is 9.46. The zero-order chi connectivity index (χ0) is 11.1. The smallest absolute Gasteiger partial charge is 0.122 e. The van der Waals surface area contributed by atoms with Crippen molar-refractivity contribution in [1.82, 2.24) is 0 Å².